The number of H-pyrrole nitrogens is 1. The minimum Gasteiger partial charge on any atom is -0.465 e. The Labute approximate surface area is 171 Å². The molecule has 9 heteroatoms. The van der Waals surface area contributed by atoms with Crippen LogP contribution in [0.15, 0.2) is 39.0 Å². The van der Waals surface area contributed by atoms with Gasteiger partial charge in [0.2, 0.25) is 0 Å². The number of esters is 1. The summed E-state index contributed by atoms with van der Waals surface area (Å²) in [6.45, 7) is 6.34. The molecular formula is C20H24N4O4S. The van der Waals surface area contributed by atoms with Crippen molar-refractivity contribution in [2.24, 2.45) is 7.05 Å². The van der Waals surface area contributed by atoms with Gasteiger partial charge in [-0.05, 0) is 25.8 Å². The first kappa shape index (κ1) is 20.9. The molecule has 0 spiro atoms. The standard InChI is InChI=1S/C20H24N4O4S/c1-5-14(18(26)28-6-2)29-20-21-16-15(17(25)22-19(27)23(16)4)24(20)11-13-9-7-12(3)8-10-13/h7-10,14H,5-6,11H2,1-4H3,(H,22,25,27). The van der Waals surface area contributed by atoms with E-state index in [1.807, 2.05) is 38.1 Å². The van der Waals surface area contributed by atoms with E-state index < -0.39 is 16.5 Å². The van der Waals surface area contributed by atoms with Crippen molar-refractivity contribution in [3.05, 3.63) is 56.2 Å². The maximum absolute atomic E-state index is 12.6. The molecule has 1 atom stereocenters. The number of thioether (sulfide) groups is 1. The molecule has 0 aliphatic carbocycles. The minimum absolute atomic E-state index is 0.284. The topological polar surface area (TPSA) is 99.0 Å². The van der Waals surface area contributed by atoms with Crippen LogP contribution in [0, 0.1) is 6.92 Å². The van der Waals surface area contributed by atoms with Gasteiger partial charge >= 0.3 is 11.7 Å². The summed E-state index contributed by atoms with van der Waals surface area (Å²) in [5, 5.41) is 0.0341. The number of hydrogen-bond acceptors (Lipinski definition) is 6. The van der Waals surface area contributed by atoms with E-state index in [1.165, 1.54) is 16.3 Å². The number of hydrogen-bond donors (Lipinski definition) is 1. The third-order valence-corrected chi connectivity index (χ3v) is 5.93. The number of aromatic nitrogens is 4. The Balaban J connectivity index is 2.14. The second-order valence-electron chi connectivity index (χ2n) is 6.72. The Bertz CT molecular complexity index is 1140. The molecule has 154 valence electrons. The highest BCUT2D eigenvalue weighted by Gasteiger charge is 2.25. The Kier molecular flexibility index (Phi) is 6.26. The Morgan fingerprint density at radius 2 is 1.93 bits per heavy atom. The number of nitrogens with one attached hydrogen (secondary N) is 1. The molecular weight excluding hydrogens is 392 g/mol. The number of carbonyl (C=O) groups is 1. The molecule has 3 rings (SSSR count). The summed E-state index contributed by atoms with van der Waals surface area (Å²) >= 11 is 1.24. The van der Waals surface area contributed by atoms with Crippen LogP contribution in [0.3, 0.4) is 0 Å². The van der Waals surface area contributed by atoms with Gasteiger partial charge < -0.3 is 9.30 Å². The van der Waals surface area contributed by atoms with Gasteiger partial charge in [0.15, 0.2) is 16.3 Å². The van der Waals surface area contributed by atoms with E-state index >= 15 is 0 Å². The van der Waals surface area contributed by atoms with E-state index in [1.54, 1.807) is 18.5 Å². The fourth-order valence-corrected chi connectivity index (χ4v) is 4.00. The van der Waals surface area contributed by atoms with E-state index in [4.69, 9.17) is 4.74 Å². The molecule has 29 heavy (non-hydrogen) atoms. The molecule has 1 aromatic carbocycles. The van der Waals surface area contributed by atoms with Crippen molar-refractivity contribution in [2.45, 2.75) is 44.1 Å². The average Bonchev–Trinajstić information content (AvgIpc) is 3.04. The summed E-state index contributed by atoms with van der Waals surface area (Å²) in [5.41, 5.74) is 1.66. The third-order valence-electron chi connectivity index (χ3n) is 4.60. The summed E-state index contributed by atoms with van der Waals surface area (Å²) < 4.78 is 8.22. The fourth-order valence-electron chi connectivity index (χ4n) is 2.99. The number of fused-ring (bicyclic) bond motifs is 1. The van der Waals surface area contributed by atoms with E-state index in [0.29, 0.717) is 30.2 Å². The summed E-state index contributed by atoms with van der Waals surface area (Å²) in [4.78, 5) is 43.8. The zero-order valence-electron chi connectivity index (χ0n) is 16.9. The zero-order valence-corrected chi connectivity index (χ0v) is 17.7. The molecule has 1 unspecified atom stereocenters. The quantitative estimate of drug-likeness (QED) is 0.468. The lowest BCUT2D eigenvalue weighted by atomic mass is 10.1. The lowest BCUT2D eigenvalue weighted by Crippen LogP contribution is -2.29. The van der Waals surface area contributed by atoms with Gasteiger partial charge in [0.1, 0.15) is 5.25 Å². The number of nitrogens with zero attached hydrogens (tertiary/aromatic N) is 3. The first-order chi connectivity index (χ1) is 13.8. The van der Waals surface area contributed by atoms with Crippen LogP contribution in [-0.4, -0.2) is 36.9 Å². The second-order valence-corrected chi connectivity index (χ2v) is 7.89. The van der Waals surface area contributed by atoms with E-state index in [0.717, 1.165) is 11.1 Å². The number of imidazole rings is 1. The smallest absolute Gasteiger partial charge is 0.329 e. The van der Waals surface area contributed by atoms with Gasteiger partial charge in [-0.2, -0.15) is 0 Å². The number of ether oxygens (including phenoxy) is 1. The summed E-state index contributed by atoms with van der Waals surface area (Å²) in [7, 11) is 1.56. The highest BCUT2D eigenvalue weighted by Crippen LogP contribution is 2.28. The fraction of sp³-hybridized carbons (Fsp3) is 0.400. The molecule has 2 aromatic heterocycles. The van der Waals surface area contributed by atoms with Crippen LogP contribution >= 0.6 is 11.8 Å². The van der Waals surface area contributed by atoms with Crippen molar-refractivity contribution < 1.29 is 9.53 Å². The molecule has 1 N–H and O–H groups in total. The molecule has 0 bridgehead atoms. The largest absolute Gasteiger partial charge is 0.465 e. The monoisotopic (exact) mass is 416 g/mol. The van der Waals surface area contributed by atoms with E-state index in [-0.39, 0.29) is 11.6 Å². The minimum atomic E-state index is -0.531. The van der Waals surface area contributed by atoms with Crippen LogP contribution in [-0.2, 0) is 23.1 Å². The van der Waals surface area contributed by atoms with Gasteiger partial charge in [0, 0.05) is 7.05 Å². The number of benzene rings is 1. The molecule has 3 aromatic rings. The van der Waals surface area contributed by atoms with Crippen LogP contribution in [0.2, 0.25) is 0 Å². The SMILES string of the molecule is CCOC(=O)C(CC)Sc1nc2c(c(=O)[nH]c(=O)n2C)n1Cc1ccc(C)cc1. The van der Waals surface area contributed by atoms with Crippen LogP contribution in [0.4, 0.5) is 0 Å². The van der Waals surface area contributed by atoms with Gasteiger partial charge in [0.25, 0.3) is 5.56 Å². The summed E-state index contributed by atoms with van der Waals surface area (Å²) in [5.74, 6) is -0.322. The van der Waals surface area contributed by atoms with Crippen molar-refractivity contribution in [3.8, 4) is 0 Å². The molecule has 0 saturated carbocycles. The third kappa shape index (κ3) is 4.29. The van der Waals surface area contributed by atoms with E-state index in [9.17, 15) is 14.4 Å². The first-order valence-corrected chi connectivity index (χ1v) is 10.3. The summed E-state index contributed by atoms with van der Waals surface area (Å²) in [6, 6.07) is 7.95. The van der Waals surface area contributed by atoms with Gasteiger partial charge in [0.05, 0.1) is 13.2 Å². The number of aromatic amines is 1. The predicted molar refractivity (Wildman–Crippen MR) is 112 cm³/mol. The molecule has 2 heterocycles. The van der Waals surface area contributed by atoms with Gasteiger partial charge in [-0.15, -0.1) is 0 Å². The second kappa shape index (κ2) is 8.69. The highest BCUT2D eigenvalue weighted by atomic mass is 32.2. The van der Waals surface area contributed by atoms with Crippen molar-refractivity contribution >= 4 is 28.9 Å². The van der Waals surface area contributed by atoms with E-state index in [2.05, 4.69) is 9.97 Å². The Morgan fingerprint density at radius 3 is 2.55 bits per heavy atom. The number of carbonyl (C=O) groups excluding carboxylic acids is 1. The molecule has 0 fully saturated rings. The molecule has 0 aliphatic rings. The number of rotatable bonds is 7. The maximum Gasteiger partial charge on any atom is 0.329 e. The van der Waals surface area contributed by atoms with Crippen molar-refractivity contribution in [1.29, 1.82) is 0 Å². The highest BCUT2D eigenvalue weighted by molar-refractivity contribution is 8.00. The van der Waals surface area contributed by atoms with Crippen molar-refractivity contribution in [3.63, 3.8) is 0 Å². The maximum atomic E-state index is 12.6. The lowest BCUT2D eigenvalue weighted by molar-refractivity contribution is -0.142. The first-order valence-electron chi connectivity index (χ1n) is 9.44. The van der Waals surface area contributed by atoms with Crippen molar-refractivity contribution in [1.82, 2.24) is 19.1 Å². The predicted octanol–water partition coefficient (Wildman–Crippen LogP) is 2.21. The zero-order chi connectivity index (χ0) is 21.1. The Morgan fingerprint density at radius 1 is 1.24 bits per heavy atom. The molecule has 0 amide bonds. The Hall–Kier alpha value is -2.81. The van der Waals surface area contributed by atoms with Gasteiger partial charge in [-0.1, -0.05) is 48.5 Å². The van der Waals surface area contributed by atoms with Gasteiger partial charge in [-0.3, -0.25) is 19.1 Å². The lowest BCUT2D eigenvalue weighted by Gasteiger charge is -2.14. The van der Waals surface area contributed by atoms with Crippen LogP contribution in [0.1, 0.15) is 31.4 Å². The number of aryl methyl sites for hydroxylation is 2. The molecule has 8 nitrogen and oxygen atoms in total. The van der Waals surface area contributed by atoms with Crippen LogP contribution in [0.25, 0.3) is 11.2 Å². The molecule has 0 aliphatic heterocycles. The summed E-state index contributed by atoms with van der Waals surface area (Å²) in [6.07, 6.45) is 0.548. The average molecular weight is 417 g/mol. The van der Waals surface area contributed by atoms with Crippen molar-refractivity contribution in [2.75, 3.05) is 6.61 Å². The van der Waals surface area contributed by atoms with Crippen LogP contribution in [0.5, 0.6) is 0 Å². The molecule has 0 radical (unpaired) electrons. The van der Waals surface area contributed by atoms with Crippen LogP contribution < -0.4 is 11.2 Å². The van der Waals surface area contributed by atoms with Gasteiger partial charge in [-0.25, -0.2) is 9.78 Å². The normalized spacial score (nSPS) is 12.3. The molecule has 0 saturated heterocycles.